The van der Waals surface area contributed by atoms with Crippen LogP contribution in [0, 0.1) is 5.92 Å². The average molecular weight is 381 g/mol. The quantitative estimate of drug-likeness (QED) is 0.466. The van der Waals surface area contributed by atoms with E-state index in [4.69, 9.17) is 0 Å². The van der Waals surface area contributed by atoms with Crippen molar-refractivity contribution in [1.29, 1.82) is 0 Å². The highest BCUT2D eigenvalue weighted by Crippen LogP contribution is 2.09. The Hall–Kier alpha value is -0.300. The van der Waals surface area contributed by atoms with Crippen LogP contribution in [0.4, 0.5) is 0 Å². The molecule has 5 heteroatoms. The van der Waals surface area contributed by atoms with Gasteiger partial charge in [-0.25, -0.2) is 4.99 Å². The standard InChI is InChI=1S/C13H23N3S.HI/c1-5-14-13(16-11(4)10(2)3)15-9-12-7-6-8-17-12;/h6-8,10-11H,5,9H2,1-4H3,(H2,14,15,16);1H. The summed E-state index contributed by atoms with van der Waals surface area (Å²) in [7, 11) is 0. The molecule has 0 spiro atoms. The molecule has 2 N–H and O–H groups in total. The second-order valence-corrected chi connectivity index (χ2v) is 5.48. The molecule has 1 atom stereocenters. The van der Waals surface area contributed by atoms with E-state index in [0.29, 0.717) is 12.0 Å². The highest BCUT2D eigenvalue weighted by Gasteiger charge is 2.08. The van der Waals surface area contributed by atoms with Gasteiger partial charge < -0.3 is 10.6 Å². The maximum absolute atomic E-state index is 4.58. The first kappa shape index (κ1) is 17.7. The summed E-state index contributed by atoms with van der Waals surface area (Å²) in [6.45, 7) is 10.3. The molecule has 0 aliphatic rings. The van der Waals surface area contributed by atoms with Gasteiger partial charge in [0.15, 0.2) is 5.96 Å². The zero-order valence-electron chi connectivity index (χ0n) is 11.6. The van der Waals surface area contributed by atoms with Crippen molar-refractivity contribution in [3.05, 3.63) is 22.4 Å². The predicted octanol–water partition coefficient (Wildman–Crippen LogP) is 3.47. The van der Waals surface area contributed by atoms with Crippen molar-refractivity contribution >= 4 is 41.3 Å². The molecule has 0 amide bonds. The topological polar surface area (TPSA) is 36.4 Å². The van der Waals surface area contributed by atoms with E-state index in [1.54, 1.807) is 11.3 Å². The zero-order valence-corrected chi connectivity index (χ0v) is 14.7. The number of hydrogen-bond acceptors (Lipinski definition) is 2. The largest absolute Gasteiger partial charge is 0.357 e. The number of hydrogen-bond donors (Lipinski definition) is 2. The first-order chi connectivity index (χ1) is 8.13. The summed E-state index contributed by atoms with van der Waals surface area (Å²) in [5.74, 6) is 1.50. The second kappa shape index (κ2) is 9.61. The summed E-state index contributed by atoms with van der Waals surface area (Å²) >= 11 is 1.75. The molecule has 0 bridgehead atoms. The van der Waals surface area contributed by atoms with Gasteiger partial charge in [0.1, 0.15) is 0 Å². The smallest absolute Gasteiger partial charge is 0.191 e. The molecule has 0 aliphatic heterocycles. The van der Waals surface area contributed by atoms with Gasteiger partial charge >= 0.3 is 0 Å². The van der Waals surface area contributed by atoms with Crippen LogP contribution in [0.5, 0.6) is 0 Å². The number of guanidine groups is 1. The van der Waals surface area contributed by atoms with Gasteiger partial charge in [-0.15, -0.1) is 35.3 Å². The number of nitrogens with one attached hydrogen (secondary N) is 2. The molecule has 0 fully saturated rings. The van der Waals surface area contributed by atoms with Crippen LogP contribution >= 0.6 is 35.3 Å². The molecule has 0 aromatic carbocycles. The number of thiophene rings is 1. The summed E-state index contributed by atoms with van der Waals surface area (Å²) in [5, 5.41) is 8.78. The van der Waals surface area contributed by atoms with Crippen molar-refractivity contribution in [2.75, 3.05) is 6.54 Å². The normalized spacial score (nSPS) is 13.1. The maximum Gasteiger partial charge on any atom is 0.191 e. The van der Waals surface area contributed by atoms with Crippen LogP contribution in [-0.2, 0) is 6.54 Å². The second-order valence-electron chi connectivity index (χ2n) is 4.45. The predicted molar refractivity (Wildman–Crippen MR) is 92.0 cm³/mol. The molecular formula is C13H24IN3S. The lowest BCUT2D eigenvalue weighted by molar-refractivity contribution is 0.481. The van der Waals surface area contributed by atoms with E-state index >= 15 is 0 Å². The van der Waals surface area contributed by atoms with Crippen LogP contribution in [0.2, 0.25) is 0 Å². The van der Waals surface area contributed by atoms with Crippen molar-refractivity contribution < 1.29 is 0 Å². The summed E-state index contributed by atoms with van der Waals surface area (Å²) in [5.41, 5.74) is 0. The van der Waals surface area contributed by atoms with Gasteiger partial charge in [-0.1, -0.05) is 19.9 Å². The van der Waals surface area contributed by atoms with Gasteiger partial charge in [-0.2, -0.15) is 0 Å². The molecule has 0 saturated heterocycles. The van der Waals surface area contributed by atoms with E-state index in [-0.39, 0.29) is 24.0 Å². The Morgan fingerprint density at radius 2 is 2.11 bits per heavy atom. The minimum atomic E-state index is 0. The van der Waals surface area contributed by atoms with E-state index in [1.807, 2.05) is 0 Å². The van der Waals surface area contributed by atoms with Gasteiger partial charge in [-0.3, -0.25) is 0 Å². The molecule has 0 aliphatic carbocycles. The van der Waals surface area contributed by atoms with Crippen molar-refractivity contribution in [3.8, 4) is 0 Å². The summed E-state index contributed by atoms with van der Waals surface area (Å²) < 4.78 is 0. The highest BCUT2D eigenvalue weighted by atomic mass is 127. The molecule has 1 unspecified atom stereocenters. The van der Waals surface area contributed by atoms with Gasteiger partial charge in [-0.05, 0) is 31.2 Å². The Morgan fingerprint density at radius 1 is 1.39 bits per heavy atom. The fraction of sp³-hybridized carbons (Fsp3) is 0.615. The molecule has 104 valence electrons. The number of nitrogens with zero attached hydrogens (tertiary/aromatic N) is 1. The Labute approximate surface area is 131 Å². The van der Waals surface area contributed by atoms with Crippen molar-refractivity contribution in [2.45, 2.75) is 40.3 Å². The SMILES string of the molecule is CCNC(=NCc1cccs1)NC(C)C(C)C.I. The lowest BCUT2D eigenvalue weighted by Gasteiger charge is -2.20. The molecular weight excluding hydrogens is 357 g/mol. The van der Waals surface area contributed by atoms with Gasteiger partial charge in [0.2, 0.25) is 0 Å². The Balaban J connectivity index is 0.00000289. The molecule has 1 aromatic heterocycles. The molecule has 3 nitrogen and oxygen atoms in total. The minimum absolute atomic E-state index is 0. The third kappa shape index (κ3) is 6.58. The van der Waals surface area contributed by atoms with Crippen molar-refractivity contribution in [1.82, 2.24) is 10.6 Å². The highest BCUT2D eigenvalue weighted by molar-refractivity contribution is 14.0. The molecule has 18 heavy (non-hydrogen) atoms. The molecule has 1 aromatic rings. The fourth-order valence-corrected chi connectivity index (χ4v) is 1.89. The number of rotatable bonds is 5. The number of aliphatic imine (C=N–C) groups is 1. The Bertz CT molecular complexity index is 336. The van der Waals surface area contributed by atoms with Crippen LogP contribution in [0.1, 0.15) is 32.6 Å². The van der Waals surface area contributed by atoms with Gasteiger partial charge in [0, 0.05) is 17.5 Å². The van der Waals surface area contributed by atoms with Crippen molar-refractivity contribution in [3.63, 3.8) is 0 Å². The molecule has 0 radical (unpaired) electrons. The molecule has 0 saturated carbocycles. The van der Waals surface area contributed by atoms with E-state index in [0.717, 1.165) is 19.0 Å². The molecule has 1 rings (SSSR count). The van der Waals surface area contributed by atoms with Gasteiger partial charge in [0.25, 0.3) is 0 Å². The van der Waals surface area contributed by atoms with Crippen LogP contribution in [-0.4, -0.2) is 18.5 Å². The van der Waals surface area contributed by atoms with Gasteiger partial charge in [0.05, 0.1) is 6.54 Å². The van der Waals surface area contributed by atoms with Crippen LogP contribution < -0.4 is 10.6 Å². The van der Waals surface area contributed by atoms with E-state index in [2.05, 4.69) is 60.8 Å². The third-order valence-electron chi connectivity index (χ3n) is 2.68. The fourth-order valence-electron chi connectivity index (χ4n) is 1.26. The minimum Gasteiger partial charge on any atom is -0.357 e. The Kier molecular flexibility index (Phi) is 9.45. The zero-order chi connectivity index (χ0) is 12.7. The average Bonchev–Trinajstić information content (AvgIpc) is 2.78. The van der Waals surface area contributed by atoms with E-state index in [1.165, 1.54) is 4.88 Å². The van der Waals surface area contributed by atoms with Crippen LogP contribution in [0.25, 0.3) is 0 Å². The van der Waals surface area contributed by atoms with Crippen LogP contribution in [0.15, 0.2) is 22.5 Å². The summed E-state index contributed by atoms with van der Waals surface area (Å²) in [6.07, 6.45) is 0. The number of halogens is 1. The lowest BCUT2D eigenvalue weighted by atomic mass is 10.1. The Morgan fingerprint density at radius 3 is 2.61 bits per heavy atom. The van der Waals surface area contributed by atoms with Crippen LogP contribution in [0.3, 0.4) is 0 Å². The summed E-state index contributed by atoms with van der Waals surface area (Å²) in [6, 6.07) is 4.60. The first-order valence-corrected chi connectivity index (χ1v) is 7.08. The van der Waals surface area contributed by atoms with Crippen molar-refractivity contribution in [2.24, 2.45) is 10.9 Å². The monoisotopic (exact) mass is 381 g/mol. The first-order valence-electron chi connectivity index (χ1n) is 6.20. The van der Waals surface area contributed by atoms with E-state index in [9.17, 15) is 0 Å². The molecule has 1 heterocycles. The third-order valence-corrected chi connectivity index (χ3v) is 3.54. The maximum atomic E-state index is 4.58. The summed E-state index contributed by atoms with van der Waals surface area (Å²) in [4.78, 5) is 5.87. The van der Waals surface area contributed by atoms with E-state index < -0.39 is 0 Å². The lowest BCUT2D eigenvalue weighted by Crippen LogP contribution is -2.44.